The third-order valence-corrected chi connectivity index (χ3v) is 4.24. The van der Waals surface area contributed by atoms with Crippen molar-refractivity contribution in [2.24, 2.45) is 0 Å². The Morgan fingerprint density at radius 3 is 2.06 bits per heavy atom. The van der Waals surface area contributed by atoms with Crippen LogP contribution in [-0.4, -0.2) is 23.8 Å². The van der Waals surface area contributed by atoms with E-state index in [4.69, 9.17) is 0 Å². The standard InChI is InChI=1S/C14H16FNS/c1-17(2,3)13-8-9-14(16-10-13)11-4-6-12(15)7-5-11/h4-10H,1-3H3. The predicted octanol–water partition coefficient (Wildman–Crippen LogP) is 3.94. The number of pyridine rings is 1. The van der Waals surface area contributed by atoms with Crippen molar-refractivity contribution in [3.05, 3.63) is 48.4 Å². The minimum atomic E-state index is -0.731. The molecule has 1 aromatic heterocycles. The van der Waals surface area contributed by atoms with E-state index in [9.17, 15) is 4.39 Å². The molecule has 0 atom stereocenters. The van der Waals surface area contributed by atoms with Crippen LogP contribution in [0.15, 0.2) is 47.5 Å². The van der Waals surface area contributed by atoms with Crippen LogP contribution in [0, 0.1) is 5.82 Å². The van der Waals surface area contributed by atoms with Gasteiger partial charge in [-0.1, -0.05) is 0 Å². The Bertz CT molecular complexity index is 497. The molecular formula is C14H16FNS. The van der Waals surface area contributed by atoms with Gasteiger partial charge in [-0.05, 0) is 55.2 Å². The van der Waals surface area contributed by atoms with Crippen LogP contribution >= 0.6 is 10.0 Å². The van der Waals surface area contributed by atoms with E-state index in [-0.39, 0.29) is 5.82 Å². The van der Waals surface area contributed by atoms with Crippen LogP contribution in [0.5, 0.6) is 0 Å². The van der Waals surface area contributed by atoms with Crippen molar-refractivity contribution in [2.75, 3.05) is 18.8 Å². The van der Waals surface area contributed by atoms with E-state index in [1.165, 1.54) is 17.0 Å². The van der Waals surface area contributed by atoms with Gasteiger partial charge in [0.2, 0.25) is 0 Å². The van der Waals surface area contributed by atoms with Crippen LogP contribution in [0.4, 0.5) is 4.39 Å². The Labute approximate surface area is 103 Å². The van der Waals surface area contributed by atoms with Gasteiger partial charge in [0.25, 0.3) is 0 Å². The van der Waals surface area contributed by atoms with Gasteiger partial charge in [0.15, 0.2) is 0 Å². The highest BCUT2D eigenvalue weighted by molar-refractivity contribution is 8.32. The van der Waals surface area contributed by atoms with Gasteiger partial charge < -0.3 is 0 Å². The lowest BCUT2D eigenvalue weighted by Crippen LogP contribution is -1.94. The summed E-state index contributed by atoms with van der Waals surface area (Å²) in [7, 11) is -0.731. The molecule has 1 nitrogen and oxygen atoms in total. The highest BCUT2D eigenvalue weighted by atomic mass is 32.3. The predicted molar refractivity (Wildman–Crippen MR) is 73.3 cm³/mol. The molecule has 0 fully saturated rings. The number of aromatic nitrogens is 1. The fourth-order valence-corrected chi connectivity index (χ4v) is 2.38. The van der Waals surface area contributed by atoms with Crippen molar-refractivity contribution >= 4 is 10.0 Å². The van der Waals surface area contributed by atoms with E-state index in [2.05, 4.69) is 29.8 Å². The summed E-state index contributed by atoms with van der Waals surface area (Å²) >= 11 is 0. The molecule has 0 spiro atoms. The molecule has 0 saturated carbocycles. The second-order valence-electron chi connectivity index (χ2n) is 4.72. The number of rotatable bonds is 2. The first kappa shape index (κ1) is 12.1. The zero-order chi connectivity index (χ0) is 12.5. The molecule has 17 heavy (non-hydrogen) atoms. The quantitative estimate of drug-likeness (QED) is 0.785. The zero-order valence-electron chi connectivity index (χ0n) is 10.3. The molecule has 0 amide bonds. The number of hydrogen-bond acceptors (Lipinski definition) is 1. The molecule has 0 aliphatic heterocycles. The van der Waals surface area contributed by atoms with Crippen molar-refractivity contribution in [2.45, 2.75) is 4.90 Å². The van der Waals surface area contributed by atoms with Gasteiger partial charge in [0.1, 0.15) is 5.82 Å². The van der Waals surface area contributed by atoms with E-state index in [1.54, 1.807) is 12.1 Å². The number of hydrogen-bond donors (Lipinski definition) is 0. The molecule has 2 aromatic rings. The molecule has 0 aliphatic rings. The molecule has 0 unspecified atom stereocenters. The molecular weight excluding hydrogens is 233 g/mol. The minimum absolute atomic E-state index is 0.218. The lowest BCUT2D eigenvalue weighted by Gasteiger charge is -2.25. The van der Waals surface area contributed by atoms with Crippen LogP contribution in [0.25, 0.3) is 11.3 Å². The van der Waals surface area contributed by atoms with Crippen LogP contribution in [0.3, 0.4) is 0 Å². The fraction of sp³-hybridized carbons (Fsp3) is 0.214. The first-order valence-electron chi connectivity index (χ1n) is 5.37. The average Bonchev–Trinajstić information content (AvgIpc) is 2.29. The Kier molecular flexibility index (Phi) is 3.20. The molecule has 90 valence electrons. The maximum absolute atomic E-state index is 12.8. The minimum Gasteiger partial charge on any atom is -0.255 e. The van der Waals surface area contributed by atoms with E-state index in [0.29, 0.717) is 0 Å². The summed E-state index contributed by atoms with van der Waals surface area (Å²) in [5, 5.41) is 0. The van der Waals surface area contributed by atoms with Crippen molar-refractivity contribution in [1.29, 1.82) is 0 Å². The largest absolute Gasteiger partial charge is 0.255 e. The zero-order valence-corrected chi connectivity index (χ0v) is 11.1. The third-order valence-electron chi connectivity index (χ3n) is 2.58. The van der Waals surface area contributed by atoms with E-state index in [1.807, 2.05) is 12.3 Å². The van der Waals surface area contributed by atoms with Gasteiger partial charge in [-0.3, -0.25) is 4.98 Å². The lowest BCUT2D eigenvalue weighted by molar-refractivity contribution is 0.628. The van der Waals surface area contributed by atoms with Crippen LogP contribution in [0.2, 0.25) is 0 Å². The van der Waals surface area contributed by atoms with Crippen LogP contribution < -0.4 is 0 Å². The second kappa shape index (κ2) is 4.49. The highest BCUT2D eigenvalue weighted by Gasteiger charge is 2.08. The maximum atomic E-state index is 12.8. The van der Waals surface area contributed by atoms with Crippen molar-refractivity contribution in [3.8, 4) is 11.3 Å². The Morgan fingerprint density at radius 1 is 0.941 bits per heavy atom. The van der Waals surface area contributed by atoms with Gasteiger partial charge in [-0.25, -0.2) is 14.4 Å². The van der Waals surface area contributed by atoms with Crippen LogP contribution in [0.1, 0.15) is 0 Å². The molecule has 0 saturated heterocycles. The summed E-state index contributed by atoms with van der Waals surface area (Å²) in [5.41, 5.74) is 1.83. The number of benzene rings is 1. The molecule has 1 aromatic carbocycles. The Morgan fingerprint density at radius 2 is 1.59 bits per heavy atom. The van der Waals surface area contributed by atoms with E-state index >= 15 is 0 Å². The Hall–Kier alpha value is -1.35. The summed E-state index contributed by atoms with van der Waals surface area (Å²) in [4.78, 5) is 5.72. The smallest absolute Gasteiger partial charge is 0.123 e. The first-order chi connectivity index (χ1) is 7.97. The maximum Gasteiger partial charge on any atom is 0.123 e. The Balaban J connectivity index is 2.33. The lowest BCUT2D eigenvalue weighted by atomic mass is 10.1. The molecule has 0 aliphatic carbocycles. The molecule has 1 heterocycles. The molecule has 3 heteroatoms. The van der Waals surface area contributed by atoms with Gasteiger partial charge in [0.05, 0.1) is 5.69 Å². The summed E-state index contributed by atoms with van der Waals surface area (Å²) in [6.45, 7) is 0. The highest BCUT2D eigenvalue weighted by Crippen LogP contribution is 2.44. The van der Waals surface area contributed by atoms with Gasteiger partial charge >= 0.3 is 0 Å². The fourth-order valence-electron chi connectivity index (χ4n) is 1.53. The van der Waals surface area contributed by atoms with Gasteiger partial charge in [-0.15, -0.1) is 0 Å². The van der Waals surface area contributed by atoms with E-state index in [0.717, 1.165) is 11.3 Å². The molecule has 2 rings (SSSR count). The number of nitrogens with zero attached hydrogens (tertiary/aromatic N) is 1. The average molecular weight is 249 g/mol. The normalized spacial score (nSPS) is 12.5. The topological polar surface area (TPSA) is 12.9 Å². The third kappa shape index (κ3) is 2.86. The van der Waals surface area contributed by atoms with Crippen molar-refractivity contribution < 1.29 is 4.39 Å². The summed E-state index contributed by atoms with van der Waals surface area (Å²) in [5.74, 6) is -0.218. The van der Waals surface area contributed by atoms with Gasteiger partial charge in [0, 0.05) is 16.7 Å². The molecule has 0 radical (unpaired) electrons. The van der Waals surface area contributed by atoms with Crippen LogP contribution in [-0.2, 0) is 0 Å². The van der Waals surface area contributed by atoms with Crippen molar-refractivity contribution in [1.82, 2.24) is 4.98 Å². The summed E-state index contributed by atoms with van der Waals surface area (Å²) in [6.07, 6.45) is 8.64. The second-order valence-corrected chi connectivity index (χ2v) is 8.87. The summed E-state index contributed by atoms with van der Waals surface area (Å²) in [6, 6.07) is 10.5. The molecule has 0 N–H and O–H groups in total. The SMILES string of the molecule is CS(C)(C)c1ccc(-c2ccc(F)cc2)nc1. The van der Waals surface area contributed by atoms with Gasteiger partial charge in [-0.2, -0.15) is 0 Å². The monoisotopic (exact) mass is 249 g/mol. The van der Waals surface area contributed by atoms with E-state index < -0.39 is 10.0 Å². The first-order valence-corrected chi connectivity index (χ1v) is 8.23. The number of halogens is 1. The summed E-state index contributed by atoms with van der Waals surface area (Å²) < 4.78 is 12.8. The molecule has 0 bridgehead atoms. The van der Waals surface area contributed by atoms with Crippen molar-refractivity contribution in [3.63, 3.8) is 0 Å².